The van der Waals surface area contributed by atoms with Gasteiger partial charge >= 0.3 is 0 Å². The average molecular weight is 294 g/mol. The van der Waals surface area contributed by atoms with Crippen LogP contribution in [0.2, 0.25) is 0 Å². The molecule has 1 saturated heterocycles. The predicted molar refractivity (Wildman–Crippen MR) is 85.7 cm³/mol. The zero-order valence-corrected chi connectivity index (χ0v) is 13.2. The highest BCUT2D eigenvalue weighted by Gasteiger charge is 2.14. The zero-order chi connectivity index (χ0) is 15.1. The molecule has 2 rings (SSSR count). The predicted octanol–water partition coefficient (Wildman–Crippen LogP) is 3.44. The second-order valence-electron chi connectivity index (χ2n) is 5.91. The van der Waals surface area contributed by atoms with E-state index >= 15 is 0 Å². The molecule has 1 atom stereocenters. The molecule has 0 amide bonds. The fourth-order valence-corrected chi connectivity index (χ4v) is 2.74. The number of halogens is 1. The first-order valence-corrected chi connectivity index (χ1v) is 8.08. The first kappa shape index (κ1) is 16.1. The Morgan fingerprint density at radius 2 is 2.19 bits per heavy atom. The lowest BCUT2D eigenvalue weighted by molar-refractivity contribution is 0.250. The van der Waals surface area contributed by atoms with Crippen LogP contribution in [0.1, 0.15) is 33.1 Å². The highest BCUT2D eigenvalue weighted by molar-refractivity contribution is 5.50. The van der Waals surface area contributed by atoms with Gasteiger partial charge < -0.3 is 15.0 Å². The Morgan fingerprint density at radius 3 is 2.95 bits per heavy atom. The molecule has 1 aromatic carbocycles. The van der Waals surface area contributed by atoms with E-state index in [1.165, 1.54) is 6.07 Å². The molecule has 1 unspecified atom stereocenters. The summed E-state index contributed by atoms with van der Waals surface area (Å²) < 4.78 is 20.0. The molecule has 1 heterocycles. The molecule has 1 aliphatic heterocycles. The molecule has 118 valence electrons. The van der Waals surface area contributed by atoms with E-state index in [0.717, 1.165) is 45.4 Å². The van der Waals surface area contributed by atoms with Gasteiger partial charge in [0.05, 0.1) is 12.3 Å². The van der Waals surface area contributed by atoms with E-state index in [0.29, 0.717) is 24.0 Å². The van der Waals surface area contributed by atoms with E-state index in [-0.39, 0.29) is 5.82 Å². The van der Waals surface area contributed by atoms with Crippen molar-refractivity contribution in [2.45, 2.75) is 33.1 Å². The van der Waals surface area contributed by atoms with Crippen LogP contribution in [0.4, 0.5) is 10.1 Å². The lowest BCUT2D eigenvalue weighted by Crippen LogP contribution is -2.28. The number of anilines is 1. The largest absolute Gasteiger partial charge is 0.493 e. The first-order valence-electron chi connectivity index (χ1n) is 8.08. The number of hydrogen-bond donors (Lipinski definition) is 1. The molecule has 0 saturated carbocycles. The molecule has 1 N–H and O–H groups in total. The highest BCUT2D eigenvalue weighted by Crippen LogP contribution is 2.25. The Kier molecular flexibility index (Phi) is 6.30. The smallest absolute Gasteiger partial charge is 0.150 e. The molecule has 0 aliphatic carbocycles. The molecule has 1 aromatic rings. The molecule has 0 radical (unpaired) electrons. The summed E-state index contributed by atoms with van der Waals surface area (Å²) in [4.78, 5) is 2.11. The van der Waals surface area contributed by atoms with E-state index in [9.17, 15) is 4.39 Å². The molecule has 21 heavy (non-hydrogen) atoms. The van der Waals surface area contributed by atoms with Crippen LogP contribution in [-0.2, 0) is 0 Å². The van der Waals surface area contributed by atoms with E-state index in [2.05, 4.69) is 24.1 Å². The van der Waals surface area contributed by atoms with Crippen LogP contribution in [0.3, 0.4) is 0 Å². The molecule has 3 nitrogen and oxygen atoms in total. The minimum atomic E-state index is -0.183. The molecule has 1 aliphatic rings. The zero-order valence-electron chi connectivity index (χ0n) is 13.2. The highest BCUT2D eigenvalue weighted by atomic mass is 19.1. The number of benzene rings is 1. The Bertz CT molecular complexity index is 431. The maximum absolute atomic E-state index is 14.3. The average Bonchev–Trinajstić information content (AvgIpc) is 2.74. The summed E-state index contributed by atoms with van der Waals surface area (Å²) in [5, 5.41) is 3.33. The fraction of sp³-hybridized carbons (Fsp3) is 0.647. The second-order valence-corrected chi connectivity index (χ2v) is 5.91. The van der Waals surface area contributed by atoms with Crippen LogP contribution in [-0.4, -0.2) is 32.8 Å². The van der Waals surface area contributed by atoms with E-state index < -0.39 is 0 Å². The standard InChI is InChI=1S/C17H27FN2O/c1-3-5-14(2)13-21-15-6-7-17(16(18)12-15)20-10-4-8-19-9-11-20/h6-7,12,14,19H,3-5,8-11,13H2,1-2H3. The van der Waals surface area contributed by atoms with E-state index in [4.69, 9.17) is 4.74 Å². The van der Waals surface area contributed by atoms with Gasteiger partial charge in [0.2, 0.25) is 0 Å². The fourth-order valence-electron chi connectivity index (χ4n) is 2.74. The molecule has 4 heteroatoms. The number of hydrogen-bond acceptors (Lipinski definition) is 3. The van der Waals surface area contributed by atoms with Crippen molar-refractivity contribution >= 4 is 5.69 Å². The van der Waals surface area contributed by atoms with E-state index in [1.807, 2.05) is 12.1 Å². The lowest BCUT2D eigenvalue weighted by atomic mass is 10.1. The van der Waals surface area contributed by atoms with Gasteiger partial charge in [0.25, 0.3) is 0 Å². The van der Waals surface area contributed by atoms with Gasteiger partial charge in [-0.2, -0.15) is 0 Å². The molecule has 0 bridgehead atoms. The SMILES string of the molecule is CCCC(C)COc1ccc(N2CCCNCC2)c(F)c1. The summed E-state index contributed by atoms with van der Waals surface area (Å²) in [5.74, 6) is 0.958. The van der Waals surface area contributed by atoms with Crippen molar-refractivity contribution in [3.05, 3.63) is 24.0 Å². The second kappa shape index (κ2) is 8.23. The number of nitrogens with zero attached hydrogens (tertiary/aromatic N) is 1. The normalized spacial score (nSPS) is 17.4. The number of ether oxygens (including phenoxy) is 1. The van der Waals surface area contributed by atoms with Gasteiger partial charge in [0.15, 0.2) is 0 Å². The summed E-state index contributed by atoms with van der Waals surface area (Å²) in [5.41, 5.74) is 0.688. The Morgan fingerprint density at radius 1 is 1.33 bits per heavy atom. The van der Waals surface area contributed by atoms with Crippen molar-refractivity contribution in [3.8, 4) is 5.75 Å². The van der Waals surface area contributed by atoms with Gasteiger partial charge in [-0.25, -0.2) is 4.39 Å². The summed E-state index contributed by atoms with van der Waals surface area (Å²) in [6.45, 7) is 8.66. The number of rotatable bonds is 6. The van der Waals surface area contributed by atoms with Crippen LogP contribution in [0.5, 0.6) is 5.75 Å². The topological polar surface area (TPSA) is 24.5 Å². The van der Waals surface area contributed by atoms with Gasteiger partial charge in [-0.15, -0.1) is 0 Å². The third kappa shape index (κ3) is 4.88. The van der Waals surface area contributed by atoms with Crippen molar-refractivity contribution in [2.24, 2.45) is 5.92 Å². The van der Waals surface area contributed by atoms with Gasteiger partial charge in [0, 0.05) is 25.7 Å². The van der Waals surface area contributed by atoms with Crippen LogP contribution >= 0.6 is 0 Å². The molecular formula is C17H27FN2O. The maximum atomic E-state index is 14.3. The Labute approximate surface area is 127 Å². The van der Waals surface area contributed by atoms with Crippen LogP contribution < -0.4 is 15.0 Å². The summed E-state index contributed by atoms with van der Waals surface area (Å²) in [6, 6.07) is 5.25. The monoisotopic (exact) mass is 294 g/mol. The first-order chi connectivity index (χ1) is 10.2. The van der Waals surface area contributed by atoms with Gasteiger partial charge in [-0.3, -0.25) is 0 Å². The Hall–Kier alpha value is -1.29. The van der Waals surface area contributed by atoms with Crippen LogP contribution in [0.25, 0.3) is 0 Å². The maximum Gasteiger partial charge on any atom is 0.150 e. The van der Waals surface area contributed by atoms with E-state index in [1.54, 1.807) is 0 Å². The van der Waals surface area contributed by atoms with Gasteiger partial charge in [-0.1, -0.05) is 20.3 Å². The van der Waals surface area contributed by atoms with Crippen molar-refractivity contribution < 1.29 is 9.13 Å². The van der Waals surface area contributed by atoms with Crippen molar-refractivity contribution in [1.29, 1.82) is 0 Å². The third-order valence-electron chi connectivity index (χ3n) is 3.92. The number of nitrogens with one attached hydrogen (secondary N) is 1. The molecule has 0 spiro atoms. The minimum absolute atomic E-state index is 0.183. The summed E-state index contributed by atoms with van der Waals surface area (Å²) in [7, 11) is 0. The van der Waals surface area contributed by atoms with Gasteiger partial charge in [0.1, 0.15) is 11.6 Å². The van der Waals surface area contributed by atoms with Gasteiger partial charge in [-0.05, 0) is 37.4 Å². The molecule has 0 aromatic heterocycles. The minimum Gasteiger partial charge on any atom is -0.493 e. The van der Waals surface area contributed by atoms with Crippen molar-refractivity contribution in [2.75, 3.05) is 37.7 Å². The third-order valence-corrected chi connectivity index (χ3v) is 3.92. The van der Waals surface area contributed by atoms with Crippen molar-refractivity contribution in [3.63, 3.8) is 0 Å². The van der Waals surface area contributed by atoms with Crippen LogP contribution in [0.15, 0.2) is 18.2 Å². The van der Waals surface area contributed by atoms with Crippen LogP contribution in [0, 0.1) is 11.7 Å². The molecular weight excluding hydrogens is 267 g/mol. The summed E-state index contributed by atoms with van der Waals surface area (Å²) in [6.07, 6.45) is 3.34. The Balaban J connectivity index is 1.96. The lowest BCUT2D eigenvalue weighted by Gasteiger charge is -2.23. The molecule has 1 fully saturated rings. The summed E-state index contributed by atoms with van der Waals surface area (Å²) >= 11 is 0. The quantitative estimate of drug-likeness (QED) is 0.870. The van der Waals surface area contributed by atoms with Crippen molar-refractivity contribution in [1.82, 2.24) is 5.32 Å².